The average molecular weight is 227 g/mol. The van der Waals surface area contributed by atoms with Crippen LogP contribution in [-0.4, -0.2) is 21.9 Å². The molecule has 5 heteroatoms. The third kappa shape index (κ3) is 3.21. The molecule has 0 saturated heterocycles. The fourth-order valence-corrected chi connectivity index (χ4v) is 2.03. The van der Waals surface area contributed by atoms with Crippen molar-refractivity contribution < 1.29 is 10.0 Å². The van der Waals surface area contributed by atoms with Crippen LogP contribution in [0.2, 0.25) is 0 Å². The van der Waals surface area contributed by atoms with Crippen LogP contribution in [0.1, 0.15) is 12.5 Å². The number of benzene rings is 1. The Labute approximate surface area is 92.5 Å². The van der Waals surface area contributed by atoms with Crippen LogP contribution in [0.15, 0.2) is 23.1 Å². The fraction of sp³-hybridized carbons (Fsp3) is 0.400. The average Bonchev–Trinajstić information content (AvgIpc) is 2.20. The first-order valence-electron chi connectivity index (χ1n) is 4.57. The molecular formula is C10H13NO3S. The van der Waals surface area contributed by atoms with Gasteiger partial charge in [0.25, 0.3) is 5.69 Å². The molecule has 0 amide bonds. The SMILES string of the molecule is Cc1cc([N+](=O)[O-])ccc1SC(C)CO. The number of non-ortho nitro benzene ring substituents is 1. The summed E-state index contributed by atoms with van der Waals surface area (Å²) in [4.78, 5) is 11.1. The molecule has 0 radical (unpaired) electrons. The van der Waals surface area contributed by atoms with Gasteiger partial charge < -0.3 is 5.11 Å². The van der Waals surface area contributed by atoms with Gasteiger partial charge in [-0.2, -0.15) is 0 Å². The van der Waals surface area contributed by atoms with Gasteiger partial charge in [0.2, 0.25) is 0 Å². The minimum Gasteiger partial charge on any atom is -0.395 e. The van der Waals surface area contributed by atoms with E-state index in [2.05, 4.69) is 0 Å². The molecule has 0 bridgehead atoms. The maximum Gasteiger partial charge on any atom is 0.269 e. The lowest BCUT2D eigenvalue weighted by molar-refractivity contribution is -0.385. The smallest absolute Gasteiger partial charge is 0.269 e. The summed E-state index contributed by atoms with van der Waals surface area (Å²) in [6.07, 6.45) is 0. The highest BCUT2D eigenvalue weighted by Crippen LogP contribution is 2.28. The van der Waals surface area contributed by atoms with Gasteiger partial charge in [-0.15, -0.1) is 11.8 Å². The molecule has 82 valence electrons. The van der Waals surface area contributed by atoms with E-state index >= 15 is 0 Å². The van der Waals surface area contributed by atoms with Crippen molar-refractivity contribution in [1.82, 2.24) is 0 Å². The van der Waals surface area contributed by atoms with Crippen LogP contribution >= 0.6 is 11.8 Å². The topological polar surface area (TPSA) is 63.4 Å². The summed E-state index contributed by atoms with van der Waals surface area (Å²) in [6, 6.07) is 4.76. The van der Waals surface area contributed by atoms with Crippen LogP contribution in [0.5, 0.6) is 0 Å². The van der Waals surface area contributed by atoms with Crippen LogP contribution in [0.25, 0.3) is 0 Å². The Morgan fingerprint density at radius 2 is 2.27 bits per heavy atom. The van der Waals surface area contributed by atoms with Crippen molar-refractivity contribution in [2.24, 2.45) is 0 Å². The van der Waals surface area contributed by atoms with E-state index < -0.39 is 4.92 Å². The lowest BCUT2D eigenvalue weighted by atomic mass is 10.2. The third-order valence-electron chi connectivity index (χ3n) is 1.95. The first kappa shape index (κ1) is 12.0. The van der Waals surface area contributed by atoms with Gasteiger partial charge in [-0.1, -0.05) is 6.92 Å². The first-order valence-corrected chi connectivity index (χ1v) is 5.45. The van der Waals surface area contributed by atoms with Gasteiger partial charge in [0.15, 0.2) is 0 Å². The number of aryl methyl sites for hydroxylation is 1. The standard InChI is InChI=1S/C10H13NO3S/c1-7-5-9(11(13)14)3-4-10(7)15-8(2)6-12/h3-5,8,12H,6H2,1-2H3. The summed E-state index contributed by atoms with van der Waals surface area (Å²) < 4.78 is 0. The van der Waals surface area contributed by atoms with Gasteiger partial charge in [0.05, 0.1) is 11.5 Å². The molecule has 0 fully saturated rings. The Balaban J connectivity index is 2.88. The summed E-state index contributed by atoms with van der Waals surface area (Å²) in [5, 5.41) is 19.5. The zero-order valence-corrected chi connectivity index (χ0v) is 9.45. The molecular weight excluding hydrogens is 214 g/mol. The van der Waals surface area contributed by atoms with E-state index in [1.807, 2.05) is 13.8 Å². The minimum absolute atomic E-state index is 0.0983. The molecule has 1 aromatic rings. The number of thioether (sulfide) groups is 1. The maximum atomic E-state index is 10.5. The van der Waals surface area contributed by atoms with Crippen molar-refractivity contribution in [3.8, 4) is 0 Å². The number of hydrogen-bond acceptors (Lipinski definition) is 4. The van der Waals surface area contributed by atoms with Gasteiger partial charge in [-0.05, 0) is 18.6 Å². The van der Waals surface area contributed by atoms with E-state index in [1.54, 1.807) is 12.1 Å². The molecule has 15 heavy (non-hydrogen) atoms. The second-order valence-corrected chi connectivity index (χ2v) is 4.80. The minimum atomic E-state index is -0.406. The van der Waals surface area contributed by atoms with Gasteiger partial charge in [0.1, 0.15) is 0 Å². The molecule has 1 N–H and O–H groups in total. The Kier molecular flexibility index (Phi) is 4.11. The van der Waals surface area contributed by atoms with Crippen molar-refractivity contribution in [2.75, 3.05) is 6.61 Å². The molecule has 0 saturated carbocycles. The predicted octanol–water partition coefficient (Wildman–Crippen LogP) is 2.38. The highest BCUT2D eigenvalue weighted by atomic mass is 32.2. The van der Waals surface area contributed by atoms with Crippen molar-refractivity contribution in [3.63, 3.8) is 0 Å². The molecule has 1 rings (SSSR count). The zero-order chi connectivity index (χ0) is 11.4. The third-order valence-corrected chi connectivity index (χ3v) is 3.22. The molecule has 0 aliphatic heterocycles. The largest absolute Gasteiger partial charge is 0.395 e. The number of aliphatic hydroxyl groups excluding tert-OH is 1. The van der Waals surface area contributed by atoms with E-state index in [0.29, 0.717) is 0 Å². The second-order valence-electron chi connectivity index (χ2n) is 3.32. The van der Waals surface area contributed by atoms with Gasteiger partial charge >= 0.3 is 0 Å². The number of nitro groups is 1. The van der Waals surface area contributed by atoms with Crippen LogP contribution in [0.3, 0.4) is 0 Å². The number of nitrogens with zero attached hydrogens (tertiary/aromatic N) is 1. The number of aliphatic hydroxyl groups is 1. The second kappa shape index (κ2) is 5.14. The number of nitro benzene ring substituents is 1. The van der Waals surface area contributed by atoms with E-state index in [-0.39, 0.29) is 17.5 Å². The molecule has 4 nitrogen and oxygen atoms in total. The summed E-state index contributed by atoms with van der Waals surface area (Å²) >= 11 is 1.52. The highest BCUT2D eigenvalue weighted by molar-refractivity contribution is 8.00. The van der Waals surface area contributed by atoms with Crippen LogP contribution in [0, 0.1) is 17.0 Å². The molecule has 0 aromatic heterocycles. The Hall–Kier alpha value is -1.07. The van der Waals surface area contributed by atoms with Crippen molar-refractivity contribution in [2.45, 2.75) is 24.0 Å². The van der Waals surface area contributed by atoms with Crippen LogP contribution < -0.4 is 0 Å². The first-order chi connectivity index (χ1) is 7.04. The summed E-state index contributed by atoms with van der Waals surface area (Å²) in [6.45, 7) is 3.84. The molecule has 1 unspecified atom stereocenters. The highest BCUT2D eigenvalue weighted by Gasteiger charge is 2.10. The van der Waals surface area contributed by atoms with E-state index in [1.165, 1.54) is 17.8 Å². The molecule has 0 aliphatic carbocycles. The van der Waals surface area contributed by atoms with Crippen LogP contribution in [0.4, 0.5) is 5.69 Å². The lowest BCUT2D eigenvalue weighted by Gasteiger charge is -2.09. The van der Waals surface area contributed by atoms with E-state index in [4.69, 9.17) is 5.11 Å². The van der Waals surface area contributed by atoms with Gasteiger partial charge in [0, 0.05) is 22.3 Å². The number of rotatable bonds is 4. The quantitative estimate of drug-likeness (QED) is 0.487. The van der Waals surface area contributed by atoms with Gasteiger partial charge in [-0.3, -0.25) is 10.1 Å². The Morgan fingerprint density at radius 1 is 1.60 bits per heavy atom. The summed E-state index contributed by atoms with van der Waals surface area (Å²) in [5.74, 6) is 0. The number of hydrogen-bond donors (Lipinski definition) is 1. The van der Waals surface area contributed by atoms with Crippen LogP contribution in [-0.2, 0) is 0 Å². The van der Waals surface area contributed by atoms with E-state index in [0.717, 1.165) is 10.5 Å². The lowest BCUT2D eigenvalue weighted by Crippen LogP contribution is -2.02. The van der Waals surface area contributed by atoms with E-state index in [9.17, 15) is 10.1 Å². The summed E-state index contributed by atoms with van der Waals surface area (Å²) in [7, 11) is 0. The Morgan fingerprint density at radius 3 is 2.73 bits per heavy atom. The molecule has 1 atom stereocenters. The maximum absolute atomic E-state index is 10.5. The zero-order valence-electron chi connectivity index (χ0n) is 8.64. The van der Waals surface area contributed by atoms with Crippen molar-refractivity contribution in [3.05, 3.63) is 33.9 Å². The molecule has 0 spiro atoms. The Bertz CT molecular complexity index is 368. The fourth-order valence-electron chi connectivity index (χ4n) is 1.13. The van der Waals surface area contributed by atoms with Crippen molar-refractivity contribution in [1.29, 1.82) is 0 Å². The van der Waals surface area contributed by atoms with Gasteiger partial charge in [-0.25, -0.2) is 0 Å². The van der Waals surface area contributed by atoms with Crippen molar-refractivity contribution >= 4 is 17.4 Å². The molecule has 0 heterocycles. The molecule has 0 aliphatic rings. The summed E-state index contributed by atoms with van der Waals surface area (Å²) in [5.41, 5.74) is 0.975. The predicted molar refractivity (Wildman–Crippen MR) is 60.2 cm³/mol. The normalized spacial score (nSPS) is 12.5. The monoisotopic (exact) mass is 227 g/mol. The molecule has 1 aromatic carbocycles.